The van der Waals surface area contributed by atoms with Crippen LogP contribution >= 0.6 is 11.3 Å². The van der Waals surface area contributed by atoms with E-state index in [0.29, 0.717) is 18.1 Å². The van der Waals surface area contributed by atoms with Gasteiger partial charge in [0.2, 0.25) is 0 Å². The van der Waals surface area contributed by atoms with Gasteiger partial charge in [-0.1, -0.05) is 6.07 Å². The monoisotopic (exact) mass is 289 g/mol. The number of nitrogens with one attached hydrogen (secondary N) is 1. The number of benzene rings is 1. The largest absolute Gasteiger partial charge is 0.423 e. The Labute approximate surface area is 118 Å². The van der Waals surface area contributed by atoms with Crippen molar-refractivity contribution in [3.8, 4) is 0 Å². The van der Waals surface area contributed by atoms with Crippen molar-refractivity contribution in [2.24, 2.45) is 0 Å². The third kappa shape index (κ3) is 2.23. The molecule has 0 amide bonds. The number of nitro groups is 1. The van der Waals surface area contributed by atoms with E-state index in [1.165, 1.54) is 11.6 Å². The van der Waals surface area contributed by atoms with E-state index in [-0.39, 0.29) is 11.2 Å². The van der Waals surface area contributed by atoms with Gasteiger partial charge < -0.3 is 9.73 Å². The van der Waals surface area contributed by atoms with Gasteiger partial charge in [0, 0.05) is 12.6 Å². The minimum Gasteiger partial charge on any atom is -0.423 e. The van der Waals surface area contributed by atoms with Gasteiger partial charge in [-0.25, -0.2) is 0 Å². The third-order valence-corrected chi connectivity index (χ3v) is 3.90. The van der Waals surface area contributed by atoms with Crippen molar-refractivity contribution in [1.82, 2.24) is 4.98 Å². The first-order valence-electron chi connectivity index (χ1n) is 5.94. The molecule has 0 spiro atoms. The predicted molar refractivity (Wildman–Crippen MR) is 77.0 cm³/mol. The quantitative estimate of drug-likeness (QED) is 0.584. The molecule has 0 fully saturated rings. The van der Waals surface area contributed by atoms with Gasteiger partial charge in [0.15, 0.2) is 11.1 Å². The Balaban J connectivity index is 1.88. The molecule has 0 unspecified atom stereocenters. The molecule has 0 bridgehead atoms. The summed E-state index contributed by atoms with van der Waals surface area (Å²) in [5, 5.41) is 18.1. The summed E-state index contributed by atoms with van der Waals surface area (Å²) in [6.07, 6.45) is 0. The number of non-ortho nitro benzene ring substituents is 1. The van der Waals surface area contributed by atoms with E-state index in [1.54, 1.807) is 23.5 Å². The summed E-state index contributed by atoms with van der Waals surface area (Å²) in [7, 11) is 0. The second-order valence-corrected chi connectivity index (χ2v) is 5.08. The number of fused-ring (bicyclic) bond motifs is 1. The molecule has 102 valence electrons. The lowest BCUT2D eigenvalue weighted by atomic mass is 10.2. The molecular weight excluding hydrogens is 278 g/mol. The van der Waals surface area contributed by atoms with Gasteiger partial charge in [-0.05, 0) is 34.9 Å². The van der Waals surface area contributed by atoms with Crippen LogP contribution in [0.2, 0.25) is 0 Å². The van der Waals surface area contributed by atoms with E-state index in [2.05, 4.69) is 15.7 Å². The van der Waals surface area contributed by atoms with Crippen LogP contribution in [0.15, 0.2) is 33.4 Å². The minimum absolute atomic E-state index is 0.0500. The van der Waals surface area contributed by atoms with Gasteiger partial charge in [0.05, 0.1) is 4.92 Å². The van der Waals surface area contributed by atoms with Crippen LogP contribution in [-0.4, -0.2) is 9.91 Å². The molecule has 3 rings (SSSR count). The van der Waals surface area contributed by atoms with Gasteiger partial charge in [0.1, 0.15) is 0 Å². The fraction of sp³-hybridized carbons (Fsp3) is 0.154. The summed E-state index contributed by atoms with van der Waals surface area (Å²) in [4.78, 5) is 14.6. The molecule has 7 heteroatoms. The number of hydrogen-bond acceptors (Lipinski definition) is 6. The summed E-state index contributed by atoms with van der Waals surface area (Å²) >= 11 is 1.63. The van der Waals surface area contributed by atoms with Crippen LogP contribution in [-0.2, 0) is 6.54 Å². The molecule has 3 aromatic rings. The number of nitrogens with zero attached hydrogens (tertiary/aromatic N) is 2. The summed E-state index contributed by atoms with van der Waals surface area (Å²) in [6.45, 7) is 2.61. The normalized spacial score (nSPS) is 10.8. The van der Waals surface area contributed by atoms with Crippen LogP contribution in [0.5, 0.6) is 0 Å². The predicted octanol–water partition coefficient (Wildman–Crippen LogP) is 3.72. The van der Waals surface area contributed by atoms with Crippen LogP contribution < -0.4 is 5.32 Å². The molecule has 0 aliphatic heterocycles. The van der Waals surface area contributed by atoms with Crippen molar-refractivity contribution in [3.63, 3.8) is 0 Å². The first-order chi connectivity index (χ1) is 9.65. The molecule has 6 nitrogen and oxygen atoms in total. The molecule has 1 N–H and O–H groups in total. The van der Waals surface area contributed by atoms with Crippen molar-refractivity contribution < 1.29 is 9.34 Å². The molecule has 2 heterocycles. The summed E-state index contributed by atoms with van der Waals surface area (Å²) in [5.41, 5.74) is 2.98. The minimum atomic E-state index is -0.461. The standard InChI is InChI=1S/C13H11N3O3S/c1-8-6-20-7-9(8)5-14-13-15-12-10(16(17)18)3-2-4-11(12)19-13/h2-4,6-7H,5H2,1H3,(H,14,15). The number of oxazole rings is 1. The van der Waals surface area contributed by atoms with E-state index < -0.39 is 4.92 Å². The molecular formula is C13H11N3O3S. The maximum absolute atomic E-state index is 10.9. The van der Waals surface area contributed by atoms with Crippen LogP contribution in [0.25, 0.3) is 11.1 Å². The second kappa shape index (κ2) is 4.93. The molecule has 2 aromatic heterocycles. The summed E-state index contributed by atoms with van der Waals surface area (Å²) in [5.74, 6) is 0. The Morgan fingerprint density at radius 2 is 2.30 bits per heavy atom. The number of anilines is 1. The third-order valence-electron chi connectivity index (χ3n) is 2.99. The van der Waals surface area contributed by atoms with E-state index in [0.717, 1.165) is 5.56 Å². The fourth-order valence-electron chi connectivity index (χ4n) is 1.90. The smallest absolute Gasteiger partial charge is 0.298 e. The van der Waals surface area contributed by atoms with Crippen LogP contribution in [0.4, 0.5) is 11.7 Å². The molecule has 0 aliphatic rings. The number of hydrogen-bond donors (Lipinski definition) is 1. The Morgan fingerprint density at radius 3 is 3.00 bits per heavy atom. The molecule has 0 saturated heterocycles. The molecule has 0 atom stereocenters. The first-order valence-corrected chi connectivity index (χ1v) is 6.89. The zero-order chi connectivity index (χ0) is 14.1. The molecule has 0 radical (unpaired) electrons. The second-order valence-electron chi connectivity index (χ2n) is 4.33. The highest BCUT2D eigenvalue weighted by Gasteiger charge is 2.17. The molecule has 0 saturated carbocycles. The maximum Gasteiger partial charge on any atom is 0.298 e. The lowest BCUT2D eigenvalue weighted by Gasteiger charge is -2.00. The van der Waals surface area contributed by atoms with Crippen molar-refractivity contribution in [2.45, 2.75) is 13.5 Å². The summed E-state index contributed by atoms with van der Waals surface area (Å²) < 4.78 is 5.47. The fourth-order valence-corrected chi connectivity index (χ4v) is 2.75. The van der Waals surface area contributed by atoms with Crippen LogP contribution in [0, 0.1) is 17.0 Å². The van der Waals surface area contributed by atoms with Crippen molar-refractivity contribution in [2.75, 3.05) is 5.32 Å². The van der Waals surface area contributed by atoms with Crippen LogP contribution in [0.3, 0.4) is 0 Å². The first kappa shape index (κ1) is 12.6. The number of thiophene rings is 1. The Bertz CT molecular complexity index is 778. The highest BCUT2D eigenvalue weighted by Crippen LogP contribution is 2.27. The maximum atomic E-state index is 10.9. The van der Waals surface area contributed by atoms with E-state index >= 15 is 0 Å². The Hall–Kier alpha value is -2.41. The van der Waals surface area contributed by atoms with Gasteiger partial charge >= 0.3 is 0 Å². The number of aromatic nitrogens is 1. The number of rotatable bonds is 4. The summed E-state index contributed by atoms with van der Waals surface area (Å²) in [6, 6.07) is 4.95. The van der Waals surface area contributed by atoms with Crippen molar-refractivity contribution >= 4 is 34.1 Å². The highest BCUT2D eigenvalue weighted by atomic mass is 32.1. The van der Waals surface area contributed by atoms with Gasteiger partial charge in [-0.3, -0.25) is 10.1 Å². The van der Waals surface area contributed by atoms with Crippen LogP contribution in [0.1, 0.15) is 11.1 Å². The zero-order valence-corrected chi connectivity index (χ0v) is 11.4. The lowest BCUT2D eigenvalue weighted by molar-refractivity contribution is -0.383. The van der Waals surface area contributed by atoms with E-state index in [9.17, 15) is 10.1 Å². The van der Waals surface area contributed by atoms with Gasteiger partial charge in [0.25, 0.3) is 11.7 Å². The Kier molecular flexibility index (Phi) is 3.11. The van der Waals surface area contributed by atoms with Gasteiger partial charge in [-0.2, -0.15) is 16.3 Å². The SMILES string of the molecule is Cc1cscc1CNc1nc2c([N+](=O)[O-])cccc2o1. The van der Waals surface area contributed by atoms with Crippen molar-refractivity contribution in [1.29, 1.82) is 0 Å². The average Bonchev–Trinajstić information content (AvgIpc) is 3.01. The molecule has 0 aliphatic carbocycles. The highest BCUT2D eigenvalue weighted by molar-refractivity contribution is 7.08. The topological polar surface area (TPSA) is 81.2 Å². The average molecular weight is 289 g/mol. The zero-order valence-electron chi connectivity index (χ0n) is 10.6. The Morgan fingerprint density at radius 1 is 1.45 bits per heavy atom. The van der Waals surface area contributed by atoms with E-state index in [1.807, 2.05) is 12.3 Å². The van der Waals surface area contributed by atoms with Gasteiger partial charge in [-0.15, -0.1) is 0 Å². The van der Waals surface area contributed by atoms with Crippen molar-refractivity contribution in [3.05, 3.63) is 50.2 Å². The lowest BCUT2D eigenvalue weighted by Crippen LogP contribution is -1.99. The molecule has 20 heavy (non-hydrogen) atoms. The number of nitro benzene ring substituents is 1. The number of aryl methyl sites for hydroxylation is 1. The van der Waals surface area contributed by atoms with E-state index in [4.69, 9.17) is 4.42 Å². The number of para-hydroxylation sites is 1. The molecule has 1 aromatic carbocycles.